The van der Waals surface area contributed by atoms with Crippen molar-refractivity contribution < 1.29 is 18.7 Å². The molecule has 2 rings (SSSR count). The fourth-order valence-electron chi connectivity index (χ4n) is 1.58. The number of hydrogen-bond acceptors (Lipinski definition) is 4. The van der Waals surface area contributed by atoms with E-state index >= 15 is 0 Å². The highest BCUT2D eigenvalue weighted by molar-refractivity contribution is 5.95. The van der Waals surface area contributed by atoms with Gasteiger partial charge in [-0.25, -0.2) is 4.79 Å². The molecule has 0 aliphatic heterocycles. The van der Waals surface area contributed by atoms with Crippen LogP contribution in [-0.4, -0.2) is 18.0 Å². The van der Waals surface area contributed by atoms with E-state index in [0.717, 1.165) is 5.56 Å². The van der Waals surface area contributed by atoms with Gasteiger partial charge in [0.25, 0.3) is 5.91 Å². The summed E-state index contributed by atoms with van der Waals surface area (Å²) in [6, 6.07) is 10.9. The number of esters is 1. The summed E-state index contributed by atoms with van der Waals surface area (Å²) in [6.45, 7) is 1.41. The summed E-state index contributed by atoms with van der Waals surface area (Å²) in [4.78, 5) is 22.8. The van der Waals surface area contributed by atoms with Gasteiger partial charge in [-0.05, 0) is 18.6 Å². The Kier molecular flexibility index (Phi) is 3.66. The molecule has 0 bridgehead atoms. The lowest BCUT2D eigenvalue weighted by Gasteiger charge is -2.09. The first-order chi connectivity index (χ1) is 9.09. The molecule has 1 aromatic heterocycles. The standard InChI is InChI=1S/C14H13NO4/c1-9(13(15)16)19-14(17)12-11(7-8-18-12)10-5-3-2-4-6-10/h2-9H,1H3,(H2,15,16)/t9-/m0/s1. The molecule has 0 aliphatic carbocycles. The Bertz CT molecular complexity index is 589. The Morgan fingerprint density at radius 3 is 2.53 bits per heavy atom. The molecule has 5 nitrogen and oxygen atoms in total. The molecule has 2 N–H and O–H groups in total. The summed E-state index contributed by atoms with van der Waals surface area (Å²) in [6.07, 6.45) is 0.398. The fourth-order valence-corrected chi connectivity index (χ4v) is 1.58. The molecule has 2 aromatic rings. The van der Waals surface area contributed by atoms with E-state index in [0.29, 0.717) is 5.56 Å². The molecular formula is C14H13NO4. The zero-order chi connectivity index (χ0) is 13.8. The molecule has 0 saturated heterocycles. The van der Waals surface area contributed by atoms with Crippen molar-refractivity contribution in [3.63, 3.8) is 0 Å². The number of hydrogen-bond donors (Lipinski definition) is 1. The molecular weight excluding hydrogens is 246 g/mol. The van der Waals surface area contributed by atoms with Gasteiger partial charge in [-0.15, -0.1) is 0 Å². The molecule has 0 fully saturated rings. The van der Waals surface area contributed by atoms with Gasteiger partial charge in [0.15, 0.2) is 6.10 Å². The number of primary amides is 1. The van der Waals surface area contributed by atoms with Crippen molar-refractivity contribution in [3.8, 4) is 11.1 Å². The minimum Gasteiger partial charge on any atom is -0.457 e. The van der Waals surface area contributed by atoms with Gasteiger partial charge < -0.3 is 14.9 Å². The van der Waals surface area contributed by atoms with Crippen LogP contribution < -0.4 is 5.73 Å². The first-order valence-electron chi connectivity index (χ1n) is 5.73. The zero-order valence-corrected chi connectivity index (χ0v) is 10.3. The molecule has 0 saturated carbocycles. The predicted octanol–water partition coefficient (Wildman–Crippen LogP) is 1.98. The largest absolute Gasteiger partial charge is 0.457 e. The smallest absolute Gasteiger partial charge is 0.375 e. The minimum atomic E-state index is -0.999. The first kappa shape index (κ1) is 12.9. The molecule has 19 heavy (non-hydrogen) atoms. The molecule has 1 amide bonds. The molecule has 98 valence electrons. The number of carbonyl (C=O) groups is 2. The Morgan fingerprint density at radius 2 is 1.89 bits per heavy atom. The van der Waals surface area contributed by atoms with Crippen LogP contribution in [0.1, 0.15) is 17.5 Å². The van der Waals surface area contributed by atoms with E-state index in [1.165, 1.54) is 13.2 Å². The Hall–Kier alpha value is -2.56. The third kappa shape index (κ3) is 2.82. The Balaban J connectivity index is 2.25. The Labute approximate surface area is 110 Å². The number of ether oxygens (including phenoxy) is 1. The number of carbonyl (C=O) groups excluding carboxylic acids is 2. The quantitative estimate of drug-likeness (QED) is 0.851. The fraction of sp³-hybridized carbons (Fsp3) is 0.143. The summed E-state index contributed by atoms with van der Waals surface area (Å²) in [5.41, 5.74) is 6.48. The monoisotopic (exact) mass is 259 g/mol. The summed E-state index contributed by atoms with van der Waals surface area (Å²) in [7, 11) is 0. The summed E-state index contributed by atoms with van der Waals surface area (Å²) >= 11 is 0. The van der Waals surface area contributed by atoms with E-state index in [1.54, 1.807) is 6.07 Å². The van der Waals surface area contributed by atoms with E-state index in [4.69, 9.17) is 14.9 Å². The van der Waals surface area contributed by atoms with E-state index in [1.807, 2.05) is 30.3 Å². The predicted molar refractivity (Wildman–Crippen MR) is 68.2 cm³/mol. The maximum Gasteiger partial charge on any atom is 0.375 e. The van der Waals surface area contributed by atoms with Gasteiger partial charge in [0.05, 0.1) is 6.26 Å². The molecule has 5 heteroatoms. The SMILES string of the molecule is C[C@H](OC(=O)c1occc1-c1ccccc1)C(N)=O. The molecule has 1 atom stereocenters. The van der Waals surface area contributed by atoms with Crippen molar-refractivity contribution in [1.29, 1.82) is 0 Å². The van der Waals surface area contributed by atoms with Crippen LogP contribution in [0.25, 0.3) is 11.1 Å². The van der Waals surface area contributed by atoms with E-state index in [9.17, 15) is 9.59 Å². The van der Waals surface area contributed by atoms with Crippen LogP contribution in [0.4, 0.5) is 0 Å². The molecule has 1 aromatic carbocycles. The third-order valence-electron chi connectivity index (χ3n) is 2.62. The Morgan fingerprint density at radius 1 is 1.21 bits per heavy atom. The number of furan rings is 1. The average molecular weight is 259 g/mol. The second kappa shape index (κ2) is 5.39. The van der Waals surface area contributed by atoms with Crippen LogP contribution >= 0.6 is 0 Å². The van der Waals surface area contributed by atoms with Gasteiger partial charge in [-0.1, -0.05) is 30.3 Å². The van der Waals surface area contributed by atoms with Crippen molar-refractivity contribution in [3.05, 3.63) is 48.4 Å². The van der Waals surface area contributed by atoms with Crippen molar-refractivity contribution in [1.82, 2.24) is 0 Å². The highest BCUT2D eigenvalue weighted by Gasteiger charge is 2.22. The third-order valence-corrected chi connectivity index (χ3v) is 2.62. The van der Waals surface area contributed by atoms with Crippen LogP contribution in [0.15, 0.2) is 47.1 Å². The second-order valence-electron chi connectivity index (χ2n) is 3.98. The van der Waals surface area contributed by atoms with E-state index in [2.05, 4.69) is 0 Å². The molecule has 0 aliphatic rings. The van der Waals surface area contributed by atoms with Gasteiger partial charge in [0.1, 0.15) is 0 Å². The van der Waals surface area contributed by atoms with Crippen molar-refractivity contribution in [2.45, 2.75) is 13.0 Å². The highest BCUT2D eigenvalue weighted by Crippen LogP contribution is 2.25. The van der Waals surface area contributed by atoms with Crippen molar-refractivity contribution in [2.24, 2.45) is 5.73 Å². The number of rotatable bonds is 4. The van der Waals surface area contributed by atoms with Crippen LogP contribution in [0, 0.1) is 0 Å². The molecule has 0 unspecified atom stereocenters. The normalized spacial score (nSPS) is 11.8. The van der Waals surface area contributed by atoms with Crippen LogP contribution in [0.5, 0.6) is 0 Å². The summed E-state index contributed by atoms with van der Waals surface area (Å²) in [5.74, 6) is -1.37. The maximum absolute atomic E-state index is 11.9. The molecule has 0 radical (unpaired) electrons. The lowest BCUT2D eigenvalue weighted by molar-refractivity contribution is -0.125. The highest BCUT2D eigenvalue weighted by atomic mass is 16.6. The van der Waals surface area contributed by atoms with E-state index in [-0.39, 0.29) is 5.76 Å². The summed E-state index contributed by atoms with van der Waals surface area (Å²) in [5, 5.41) is 0. The van der Waals surface area contributed by atoms with Gasteiger partial charge in [0, 0.05) is 5.56 Å². The van der Waals surface area contributed by atoms with Crippen molar-refractivity contribution in [2.75, 3.05) is 0 Å². The van der Waals surface area contributed by atoms with Crippen LogP contribution in [0.2, 0.25) is 0 Å². The minimum absolute atomic E-state index is 0.0549. The van der Waals surface area contributed by atoms with Crippen LogP contribution in [0.3, 0.4) is 0 Å². The van der Waals surface area contributed by atoms with Gasteiger partial charge in [-0.2, -0.15) is 0 Å². The van der Waals surface area contributed by atoms with Gasteiger partial charge in [0.2, 0.25) is 5.76 Å². The molecule has 1 heterocycles. The second-order valence-corrected chi connectivity index (χ2v) is 3.98. The van der Waals surface area contributed by atoms with Crippen molar-refractivity contribution >= 4 is 11.9 Å². The summed E-state index contributed by atoms with van der Waals surface area (Å²) < 4.78 is 10.0. The van der Waals surface area contributed by atoms with Gasteiger partial charge in [-0.3, -0.25) is 4.79 Å². The first-order valence-corrected chi connectivity index (χ1v) is 5.73. The number of nitrogens with two attached hydrogens (primary N) is 1. The maximum atomic E-state index is 11.9. The van der Waals surface area contributed by atoms with E-state index < -0.39 is 18.0 Å². The lowest BCUT2D eigenvalue weighted by atomic mass is 10.1. The topological polar surface area (TPSA) is 82.5 Å². The average Bonchev–Trinajstić information content (AvgIpc) is 2.88. The molecule has 0 spiro atoms. The lowest BCUT2D eigenvalue weighted by Crippen LogP contribution is -2.30. The zero-order valence-electron chi connectivity index (χ0n) is 10.3. The van der Waals surface area contributed by atoms with Crippen LogP contribution in [-0.2, 0) is 9.53 Å². The number of benzene rings is 1. The number of amides is 1. The van der Waals surface area contributed by atoms with Gasteiger partial charge >= 0.3 is 5.97 Å².